The summed E-state index contributed by atoms with van der Waals surface area (Å²) < 4.78 is 5.15. The summed E-state index contributed by atoms with van der Waals surface area (Å²) in [6.45, 7) is 4.15. The molecule has 23 heavy (non-hydrogen) atoms. The molecule has 2 rings (SSSR count). The van der Waals surface area contributed by atoms with Crippen LogP contribution in [0.15, 0.2) is 24.3 Å². The van der Waals surface area contributed by atoms with Gasteiger partial charge in [-0.2, -0.15) is 0 Å². The SMILES string of the molecule is CNc1ccccc1C(=O)OCC(=O)N[C@H]1CCC[C@@H](C)[C@H]1C. The number of anilines is 1. The molecule has 0 radical (unpaired) electrons. The van der Waals surface area contributed by atoms with Gasteiger partial charge < -0.3 is 15.4 Å². The van der Waals surface area contributed by atoms with Gasteiger partial charge in [-0.05, 0) is 30.4 Å². The fraction of sp³-hybridized carbons (Fsp3) is 0.556. The quantitative estimate of drug-likeness (QED) is 0.819. The molecule has 1 fully saturated rings. The van der Waals surface area contributed by atoms with Crippen molar-refractivity contribution in [2.75, 3.05) is 19.0 Å². The zero-order valence-electron chi connectivity index (χ0n) is 14.1. The van der Waals surface area contributed by atoms with E-state index in [0.717, 1.165) is 12.8 Å². The van der Waals surface area contributed by atoms with E-state index < -0.39 is 5.97 Å². The van der Waals surface area contributed by atoms with Crippen molar-refractivity contribution in [3.05, 3.63) is 29.8 Å². The second kappa shape index (κ2) is 7.99. The zero-order valence-corrected chi connectivity index (χ0v) is 14.1. The molecule has 1 amide bonds. The van der Waals surface area contributed by atoms with Crippen LogP contribution < -0.4 is 10.6 Å². The second-order valence-corrected chi connectivity index (χ2v) is 6.31. The summed E-state index contributed by atoms with van der Waals surface area (Å²) in [4.78, 5) is 24.1. The first-order valence-corrected chi connectivity index (χ1v) is 8.26. The summed E-state index contributed by atoms with van der Waals surface area (Å²) in [6.07, 6.45) is 3.34. The zero-order chi connectivity index (χ0) is 16.8. The Morgan fingerprint density at radius 3 is 2.70 bits per heavy atom. The van der Waals surface area contributed by atoms with Gasteiger partial charge in [0.15, 0.2) is 6.61 Å². The van der Waals surface area contributed by atoms with Crippen molar-refractivity contribution in [2.45, 2.75) is 39.2 Å². The molecule has 0 unspecified atom stereocenters. The summed E-state index contributed by atoms with van der Waals surface area (Å²) in [5.41, 5.74) is 1.12. The van der Waals surface area contributed by atoms with E-state index >= 15 is 0 Å². The monoisotopic (exact) mass is 318 g/mol. The third kappa shape index (κ3) is 4.47. The summed E-state index contributed by atoms with van der Waals surface area (Å²) in [6, 6.07) is 7.25. The van der Waals surface area contributed by atoms with E-state index in [9.17, 15) is 9.59 Å². The molecule has 1 aliphatic rings. The number of benzene rings is 1. The third-order valence-electron chi connectivity index (χ3n) is 4.80. The summed E-state index contributed by atoms with van der Waals surface area (Å²) in [5.74, 6) is 0.342. The molecular formula is C18H26N2O3. The Kier molecular flexibility index (Phi) is 6.02. The predicted molar refractivity (Wildman–Crippen MR) is 90.4 cm³/mol. The van der Waals surface area contributed by atoms with Gasteiger partial charge in [-0.25, -0.2) is 4.79 Å². The molecule has 0 aromatic heterocycles. The van der Waals surface area contributed by atoms with Crippen LogP contribution in [0.4, 0.5) is 5.69 Å². The van der Waals surface area contributed by atoms with Crippen molar-refractivity contribution in [2.24, 2.45) is 11.8 Å². The van der Waals surface area contributed by atoms with Gasteiger partial charge >= 0.3 is 5.97 Å². The van der Waals surface area contributed by atoms with Crippen LogP contribution in [0.25, 0.3) is 0 Å². The first-order valence-electron chi connectivity index (χ1n) is 8.26. The number of para-hydroxylation sites is 1. The van der Waals surface area contributed by atoms with Crippen molar-refractivity contribution in [3.63, 3.8) is 0 Å². The van der Waals surface area contributed by atoms with E-state index in [-0.39, 0.29) is 18.6 Å². The number of carbonyl (C=O) groups is 2. The summed E-state index contributed by atoms with van der Waals surface area (Å²) >= 11 is 0. The van der Waals surface area contributed by atoms with Crippen molar-refractivity contribution in [1.82, 2.24) is 5.32 Å². The highest BCUT2D eigenvalue weighted by molar-refractivity contribution is 5.96. The highest BCUT2D eigenvalue weighted by Gasteiger charge is 2.28. The molecule has 0 bridgehead atoms. The van der Waals surface area contributed by atoms with Gasteiger partial charge in [0.1, 0.15) is 0 Å². The highest BCUT2D eigenvalue weighted by atomic mass is 16.5. The molecule has 0 aliphatic heterocycles. The summed E-state index contributed by atoms with van der Waals surface area (Å²) in [5, 5.41) is 5.94. The van der Waals surface area contributed by atoms with E-state index in [1.807, 2.05) is 6.07 Å². The van der Waals surface area contributed by atoms with Crippen molar-refractivity contribution >= 4 is 17.6 Å². The average molecular weight is 318 g/mol. The molecule has 126 valence electrons. The van der Waals surface area contributed by atoms with Crippen molar-refractivity contribution in [1.29, 1.82) is 0 Å². The Hall–Kier alpha value is -2.04. The maximum Gasteiger partial charge on any atom is 0.340 e. The van der Waals surface area contributed by atoms with E-state index in [4.69, 9.17) is 4.74 Å². The molecule has 5 nitrogen and oxygen atoms in total. The fourth-order valence-corrected chi connectivity index (χ4v) is 3.12. The molecule has 5 heteroatoms. The van der Waals surface area contributed by atoms with Gasteiger partial charge in [0.25, 0.3) is 5.91 Å². The smallest absolute Gasteiger partial charge is 0.340 e. The Morgan fingerprint density at radius 1 is 1.22 bits per heavy atom. The van der Waals surface area contributed by atoms with Crippen LogP contribution in [-0.2, 0) is 9.53 Å². The maximum atomic E-state index is 12.1. The number of carbonyl (C=O) groups excluding carboxylic acids is 2. The fourth-order valence-electron chi connectivity index (χ4n) is 3.12. The average Bonchev–Trinajstić information content (AvgIpc) is 2.56. The number of esters is 1. The van der Waals surface area contributed by atoms with Crippen LogP contribution in [-0.4, -0.2) is 31.6 Å². The molecule has 1 aliphatic carbocycles. The maximum absolute atomic E-state index is 12.1. The van der Waals surface area contributed by atoms with Crippen LogP contribution in [0.1, 0.15) is 43.5 Å². The van der Waals surface area contributed by atoms with E-state index in [2.05, 4.69) is 24.5 Å². The van der Waals surface area contributed by atoms with E-state index in [1.54, 1.807) is 25.2 Å². The van der Waals surface area contributed by atoms with Gasteiger partial charge in [-0.1, -0.05) is 38.8 Å². The minimum Gasteiger partial charge on any atom is -0.452 e. The summed E-state index contributed by atoms with van der Waals surface area (Å²) in [7, 11) is 1.74. The molecular weight excluding hydrogens is 292 g/mol. The number of hydrogen-bond acceptors (Lipinski definition) is 4. The van der Waals surface area contributed by atoms with Crippen LogP contribution in [0.3, 0.4) is 0 Å². The molecule has 0 saturated heterocycles. The van der Waals surface area contributed by atoms with E-state index in [0.29, 0.717) is 23.1 Å². The standard InChI is InChI=1S/C18H26N2O3/c1-12-7-6-10-15(13(12)2)20-17(21)11-23-18(22)14-8-4-5-9-16(14)19-3/h4-5,8-9,12-13,15,19H,6-7,10-11H2,1-3H3,(H,20,21)/t12-,13-,15+/m1/s1. The minimum atomic E-state index is -0.491. The molecule has 1 saturated carbocycles. The Bertz CT molecular complexity index is 559. The molecule has 0 spiro atoms. The Morgan fingerprint density at radius 2 is 1.96 bits per heavy atom. The van der Waals surface area contributed by atoms with Gasteiger partial charge in [-0.15, -0.1) is 0 Å². The van der Waals surface area contributed by atoms with Gasteiger partial charge in [0.05, 0.1) is 5.56 Å². The molecule has 2 N–H and O–H groups in total. The van der Waals surface area contributed by atoms with Gasteiger partial charge in [-0.3, -0.25) is 4.79 Å². The largest absolute Gasteiger partial charge is 0.452 e. The molecule has 0 heterocycles. The third-order valence-corrected chi connectivity index (χ3v) is 4.80. The predicted octanol–water partition coefficient (Wildman–Crippen LogP) is 2.83. The molecule has 3 atom stereocenters. The number of rotatable bonds is 5. The van der Waals surface area contributed by atoms with Crippen molar-refractivity contribution in [3.8, 4) is 0 Å². The lowest BCUT2D eigenvalue weighted by Crippen LogP contribution is -2.45. The highest BCUT2D eigenvalue weighted by Crippen LogP contribution is 2.29. The second-order valence-electron chi connectivity index (χ2n) is 6.31. The minimum absolute atomic E-state index is 0.176. The number of ether oxygens (including phenoxy) is 1. The molecule has 1 aromatic rings. The first-order chi connectivity index (χ1) is 11.0. The lowest BCUT2D eigenvalue weighted by atomic mass is 9.78. The number of hydrogen-bond donors (Lipinski definition) is 2. The van der Waals surface area contributed by atoms with Crippen LogP contribution in [0.5, 0.6) is 0 Å². The van der Waals surface area contributed by atoms with Crippen molar-refractivity contribution < 1.29 is 14.3 Å². The molecule has 1 aromatic carbocycles. The van der Waals surface area contributed by atoms with Crippen LogP contribution in [0, 0.1) is 11.8 Å². The topological polar surface area (TPSA) is 67.4 Å². The lowest BCUT2D eigenvalue weighted by Gasteiger charge is -2.34. The Labute approximate surface area is 137 Å². The number of amides is 1. The first kappa shape index (κ1) is 17.3. The Balaban J connectivity index is 1.85. The van der Waals surface area contributed by atoms with Crippen LogP contribution in [0.2, 0.25) is 0 Å². The van der Waals surface area contributed by atoms with E-state index in [1.165, 1.54) is 6.42 Å². The number of nitrogens with one attached hydrogen (secondary N) is 2. The normalized spacial score (nSPS) is 23.9. The van der Waals surface area contributed by atoms with Gasteiger partial charge in [0, 0.05) is 18.8 Å². The van der Waals surface area contributed by atoms with Gasteiger partial charge in [0.2, 0.25) is 0 Å². The lowest BCUT2D eigenvalue weighted by molar-refractivity contribution is -0.125. The van der Waals surface area contributed by atoms with Crippen LogP contribution >= 0.6 is 0 Å².